The maximum Gasteiger partial charge on any atom is 0.135 e. The summed E-state index contributed by atoms with van der Waals surface area (Å²) in [4.78, 5) is 9.63. The molecule has 342 valence electrons. The zero-order valence-electron chi connectivity index (χ0n) is 41.2. The molecule has 0 unspecified atom stereocenters. The molecule has 1 aliphatic rings. The number of rotatable bonds is 9. The molecule has 0 bridgehead atoms. The third-order valence-corrected chi connectivity index (χ3v) is 12.6. The summed E-state index contributed by atoms with van der Waals surface area (Å²) >= 11 is 0. The smallest absolute Gasteiger partial charge is 0.135 e. The molecule has 0 amide bonds. The molecule has 0 spiro atoms. The van der Waals surface area contributed by atoms with Gasteiger partial charge >= 0.3 is 0 Å². The van der Waals surface area contributed by atoms with E-state index in [9.17, 15) is 0 Å². The van der Waals surface area contributed by atoms with Crippen molar-refractivity contribution in [3.8, 4) is 28.4 Å². The Kier molecular flexibility index (Phi) is 13.2. The minimum atomic E-state index is -0.212. The third-order valence-electron chi connectivity index (χ3n) is 12.6. The number of benzene rings is 5. The van der Waals surface area contributed by atoms with Crippen LogP contribution in [0.2, 0.25) is 0 Å². The SMILES string of the molecule is CC(C)c1ccnc(-n2c3[c-]c(Oc4[c-]c(N5[CH-]N(c6ccc(-c7c(C(C)C)cccc7C(C)C)cc6)C(C(C)(C)C)=C5C(C)(C)C)cc(C(C)(C)C)c4)ccc3c3ccccc32)c1.[Pt]. The predicted octanol–water partition coefficient (Wildman–Crippen LogP) is 16.7. The van der Waals surface area contributed by atoms with Crippen LogP contribution in [0, 0.1) is 29.6 Å². The summed E-state index contributed by atoms with van der Waals surface area (Å²) in [6.07, 6.45) is 1.91. The van der Waals surface area contributed by atoms with Crippen LogP contribution in [0.3, 0.4) is 0 Å². The van der Waals surface area contributed by atoms with Gasteiger partial charge in [0.1, 0.15) is 5.82 Å². The summed E-state index contributed by atoms with van der Waals surface area (Å²) in [7, 11) is 0. The second kappa shape index (κ2) is 17.9. The van der Waals surface area contributed by atoms with Crippen LogP contribution in [0.25, 0.3) is 38.8 Å². The minimum Gasteiger partial charge on any atom is -0.509 e. The molecule has 1 aliphatic heterocycles. The van der Waals surface area contributed by atoms with Crippen molar-refractivity contribution in [1.82, 2.24) is 9.55 Å². The number of hydrogen-bond donors (Lipinski definition) is 0. The summed E-state index contributed by atoms with van der Waals surface area (Å²) in [6.45, 7) is 36.6. The van der Waals surface area contributed by atoms with Gasteiger partial charge < -0.3 is 19.1 Å². The summed E-state index contributed by atoms with van der Waals surface area (Å²) in [6, 6.07) is 44.9. The third kappa shape index (κ3) is 9.33. The van der Waals surface area contributed by atoms with Gasteiger partial charge in [-0.25, -0.2) is 4.98 Å². The summed E-state index contributed by atoms with van der Waals surface area (Å²) in [5.74, 6) is 3.36. The van der Waals surface area contributed by atoms with E-state index in [0.717, 1.165) is 44.6 Å². The molecule has 65 heavy (non-hydrogen) atoms. The van der Waals surface area contributed by atoms with Crippen molar-refractivity contribution in [1.29, 1.82) is 0 Å². The molecule has 0 radical (unpaired) electrons. The Morgan fingerprint density at radius 1 is 0.585 bits per heavy atom. The quantitative estimate of drug-likeness (QED) is 0.135. The molecular weight excluding hydrogens is 976 g/mol. The Labute approximate surface area is 404 Å². The van der Waals surface area contributed by atoms with Crippen molar-refractivity contribution >= 4 is 33.2 Å². The van der Waals surface area contributed by atoms with E-state index in [1.807, 2.05) is 12.3 Å². The topological polar surface area (TPSA) is 33.5 Å². The molecule has 0 aliphatic carbocycles. The zero-order chi connectivity index (χ0) is 46.0. The fraction of sp³-hybridized carbons (Fsp3) is 0.356. The largest absolute Gasteiger partial charge is 0.509 e. The minimum absolute atomic E-state index is 0. The first-order valence-corrected chi connectivity index (χ1v) is 23.2. The number of hydrogen-bond acceptors (Lipinski definition) is 4. The predicted molar refractivity (Wildman–Crippen MR) is 271 cm³/mol. The number of nitrogens with zero attached hydrogens (tertiary/aromatic N) is 4. The molecule has 0 saturated heterocycles. The maximum atomic E-state index is 6.89. The Bertz CT molecular complexity index is 2850. The molecule has 0 saturated carbocycles. The van der Waals surface area contributed by atoms with Crippen molar-refractivity contribution in [2.24, 2.45) is 10.8 Å². The van der Waals surface area contributed by atoms with Crippen molar-refractivity contribution < 1.29 is 25.8 Å². The van der Waals surface area contributed by atoms with E-state index in [4.69, 9.17) is 9.72 Å². The average molecular weight is 1040 g/mol. The van der Waals surface area contributed by atoms with E-state index >= 15 is 0 Å². The number of fused-ring (bicyclic) bond motifs is 3. The van der Waals surface area contributed by atoms with Crippen LogP contribution < -0.4 is 14.5 Å². The maximum absolute atomic E-state index is 6.89. The van der Waals surface area contributed by atoms with Gasteiger partial charge in [-0.3, -0.25) is 0 Å². The molecule has 5 nitrogen and oxygen atoms in total. The van der Waals surface area contributed by atoms with Crippen molar-refractivity contribution in [3.63, 3.8) is 0 Å². The van der Waals surface area contributed by atoms with Gasteiger partial charge in [0, 0.05) is 72.2 Å². The van der Waals surface area contributed by atoms with Gasteiger partial charge in [-0.15, -0.1) is 53.6 Å². The van der Waals surface area contributed by atoms with Gasteiger partial charge in [-0.05, 0) is 86.7 Å². The summed E-state index contributed by atoms with van der Waals surface area (Å²) < 4.78 is 9.10. The van der Waals surface area contributed by atoms with Crippen LogP contribution in [0.5, 0.6) is 11.5 Å². The van der Waals surface area contributed by atoms with E-state index in [1.54, 1.807) is 0 Å². The fourth-order valence-corrected chi connectivity index (χ4v) is 9.30. The summed E-state index contributed by atoms with van der Waals surface area (Å²) in [5, 5.41) is 2.26. The number of anilines is 2. The number of para-hydroxylation sites is 1. The molecule has 0 fully saturated rings. The monoisotopic (exact) mass is 1040 g/mol. The molecule has 7 aromatic rings. The van der Waals surface area contributed by atoms with Crippen molar-refractivity contribution in [2.75, 3.05) is 9.80 Å². The van der Waals surface area contributed by atoms with Gasteiger partial charge in [0.25, 0.3) is 0 Å². The standard InChI is InChI=1S/C59H67N4O.Pt/c1-37(2)41-29-30-60-53(31-41)63-51-22-17-16-19-49(51)50-28-27-45(35-52(50)63)64-46-33-42(57(7,8)9)32-44(34-46)62-36-61(55(58(10,11)12)56(62)59(13,14)15)43-25-23-40(24-26-43)54-47(38(3)4)20-18-21-48(54)39(5)6;/h16-33,36-39H,1-15H3;/q-3;. The first-order valence-electron chi connectivity index (χ1n) is 23.2. The molecule has 8 rings (SSSR count). The first kappa shape index (κ1) is 47.8. The molecule has 5 aromatic carbocycles. The van der Waals surface area contributed by atoms with Gasteiger partial charge in [-0.1, -0.05) is 158 Å². The molecule has 3 heterocycles. The molecule has 6 heteroatoms. The second-order valence-electron chi connectivity index (χ2n) is 21.7. The van der Waals surface area contributed by atoms with Crippen LogP contribution in [0.15, 0.2) is 121 Å². The van der Waals surface area contributed by atoms with Gasteiger partial charge in [0.05, 0.1) is 0 Å². The van der Waals surface area contributed by atoms with E-state index < -0.39 is 0 Å². The van der Waals surface area contributed by atoms with Crippen LogP contribution in [0.4, 0.5) is 11.4 Å². The van der Waals surface area contributed by atoms with E-state index in [1.165, 1.54) is 39.2 Å². The van der Waals surface area contributed by atoms with E-state index in [-0.39, 0.29) is 37.3 Å². The Morgan fingerprint density at radius 3 is 1.82 bits per heavy atom. The molecule has 0 atom stereocenters. The van der Waals surface area contributed by atoms with Gasteiger partial charge in [-0.2, -0.15) is 6.07 Å². The number of pyridine rings is 1. The average Bonchev–Trinajstić information content (AvgIpc) is 3.81. The molecular formula is C59H67N4OPt-3. The Balaban J connectivity index is 0.00000630. The van der Waals surface area contributed by atoms with Crippen LogP contribution in [-0.4, -0.2) is 9.55 Å². The Hall–Kier alpha value is -5.12. The number of allylic oxidation sites excluding steroid dienone is 2. The molecule has 2 aromatic heterocycles. The number of ether oxygens (including phenoxy) is 1. The van der Waals surface area contributed by atoms with Crippen LogP contribution in [-0.2, 0) is 26.5 Å². The van der Waals surface area contributed by atoms with Gasteiger partial charge in [0.2, 0.25) is 0 Å². The van der Waals surface area contributed by atoms with Gasteiger partial charge in [0.15, 0.2) is 0 Å². The second-order valence-corrected chi connectivity index (χ2v) is 21.7. The normalized spacial score (nSPS) is 13.9. The van der Waals surface area contributed by atoms with Crippen molar-refractivity contribution in [2.45, 2.75) is 127 Å². The molecule has 0 N–H and O–H groups in total. The Morgan fingerprint density at radius 2 is 1.22 bits per heavy atom. The van der Waals surface area contributed by atoms with Crippen LogP contribution >= 0.6 is 0 Å². The zero-order valence-corrected chi connectivity index (χ0v) is 43.5. The van der Waals surface area contributed by atoms with E-state index in [2.05, 4.69) is 234 Å². The van der Waals surface area contributed by atoms with Crippen LogP contribution in [0.1, 0.15) is 144 Å². The number of aromatic nitrogens is 2. The summed E-state index contributed by atoms with van der Waals surface area (Å²) in [5.41, 5.74) is 13.8. The first-order chi connectivity index (χ1) is 30.1. The van der Waals surface area contributed by atoms with E-state index in [0.29, 0.717) is 29.3 Å². The van der Waals surface area contributed by atoms with Crippen molar-refractivity contribution in [3.05, 3.63) is 162 Å². The fourth-order valence-electron chi connectivity index (χ4n) is 9.30.